The molecule has 1 N–H and O–H groups in total. The van der Waals surface area contributed by atoms with Gasteiger partial charge in [0.2, 0.25) is 0 Å². The fraction of sp³-hybridized carbons (Fsp3) is 0.500. The van der Waals surface area contributed by atoms with Crippen molar-refractivity contribution < 1.29 is 4.79 Å². The summed E-state index contributed by atoms with van der Waals surface area (Å²) < 4.78 is 0. The quantitative estimate of drug-likeness (QED) is 0.870. The van der Waals surface area contributed by atoms with Gasteiger partial charge in [-0.3, -0.25) is 0 Å². The summed E-state index contributed by atoms with van der Waals surface area (Å²) in [5.41, 5.74) is 1.99. The van der Waals surface area contributed by atoms with Crippen molar-refractivity contribution >= 4 is 11.7 Å². The summed E-state index contributed by atoms with van der Waals surface area (Å²) in [7, 11) is 5.89. The smallest absolute Gasteiger partial charge is 0.321 e. The van der Waals surface area contributed by atoms with Crippen LogP contribution in [-0.2, 0) is 0 Å². The summed E-state index contributed by atoms with van der Waals surface area (Å²) in [5.74, 6) is 0. The van der Waals surface area contributed by atoms with E-state index < -0.39 is 0 Å². The van der Waals surface area contributed by atoms with E-state index in [1.54, 1.807) is 4.90 Å². The first-order valence-corrected chi connectivity index (χ1v) is 6.22. The first-order valence-electron chi connectivity index (χ1n) is 6.22. The number of hydrogen-bond donors (Lipinski definition) is 1. The molecule has 0 unspecified atom stereocenters. The summed E-state index contributed by atoms with van der Waals surface area (Å²) in [4.78, 5) is 15.7. The first kappa shape index (κ1) is 14.5. The number of anilines is 1. The molecule has 0 atom stereocenters. The Labute approximate surface area is 110 Å². The lowest BCUT2D eigenvalue weighted by atomic mass is 10.2. The minimum atomic E-state index is -0.0562. The second kappa shape index (κ2) is 7.01. The third kappa shape index (κ3) is 5.19. The molecule has 0 saturated carbocycles. The molecule has 0 heterocycles. The van der Waals surface area contributed by atoms with Crippen LogP contribution in [0.2, 0.25) is 0 Å². The highest BCUT2D eigenvalue weighted by atomic mass is 16.2. The molecule has 0 saturated heterocycles. The maximum absolute atomic E-state index is 11.9. The number of carbonyl (C=O) groups excluding carboxylic acids is 1. The number of urea groups is 1. The van der Waals surface area contributed by atoms with Gasteiger partial charge in [0.15, 0.2) is 0 Å². The monoisotopic (exact) mass is 249 g/mol. The van der Waals surface area contributed by atoms with Crippen LogP contribution in [0.1, 0.15) is 12.0 Å². The maximum Gasteiger partial charge on any atom is 0.321 e. The number of nitrogens with one attached hydrogen (secondary N) is 1. The summed E-state index contributed by atoms with van der Waals surface area (Å²) in [6.07, 6.45) is 0.977. The molecule has 0 spiro atoms. The Morgan fingerprint density at radius 2 is 1.94 bits per heavy atom. The summed E-state index contributed by atoms with van der Waals surface area (Å²) >= 11 is 0. The van der Waals surface area contributed by atoms with Crippen LogP contribution >= 0.6 is 0 Å². The van der Waals surface area contributed by atoms with Crippen LogP contribution in [0.25, 0.3) is 0 Å². The van der Waals surface area contributed by atoms with Crippen LogP contribution in [0.3, 0.4) is 0 Å². The Balaban J connectivity index is 2.40. The zero-order chi connectivity index (χ0) is 13.5. The average Bonchev–Trinajstić information content (AvgIpc) is 2.28. The van der Waals surface area contributed by atoms with Crippen molar-refractivity contribution in [3.8, 4) is 0 Å². The van der Waals surface area contributed by atoms with E-state index in [1.807, 2.05) is 52.3 Å². The first-order chi connectivity index (χ1) is 8.49. The van der Waals surface area contributed by atoms with E-state index in [1.165, 1.54) is 0 Å². The molecule has 0 aliphatic heterocycles. The van der Waals surface area contributed by atoms with Crippen LogP contribution in [0, 0.1) is 6.92 Å². The number of carbonyl (C=O) groups is 1. The van der Waals surface area contributed by atoms with Crippen molar-refractivity contribution in [1.29, 1.82) is 0 Å². The predicted molar refractivity (Wildman–Crippen MR) is 76.0 cm³/mol. The second-order valence-electron chi connectivity index (χ2n) is 4.88. The van der Waals surface area contributed by atoms with Crippen LogP contribution in [0.5, 0.6) is 0 Å². The summed E-state index contributed by atoms with van der Waals surface area (Å²) in [5, 5.41) is 2.89. The minimum Gasteiger partial charge on any atom is -0.328 e. The van der Waals surface area contributed by atoms with Gasteiger partial charge in [0, 0.05) is 19.3 Å². The van der Waals surface area contributed by atoms with E-state index >= 15 is 0 Å². The van der Waals surface area contributed by atoms with Gasteiger partial charge in [-0.1, -0.05) is 12.1 Å². The Bertz CT molecular complexity index is 390. The van der Waals surface area contributed by atoms with Gasteiger partial charge < -0.3 is 15.1 Å². The van der Waals surface area contributed by atoms with Gasteiger partial charge in [0.05, 0.1) is 0 Å². The third-order valence-electron chi connectivity index (χ3n) is 2.71. The van der Waals surface area contributed by atoms with Gasteiger partial charge in [-0.05, 0) is 51.7 Å². The van der Waals surface area contributed by atoms with Gasteiger partial charge in [-0.15, -0.1) is 0 Å². The molecule has 2 amide bonds. The lowest BCUT2D eigenvalue weighted by Gasteiger charge is -2.19. The van der Waals surface area contributed by atoms with Crippen molar-refractivity contribution in [3.05, 3.63) is 29.8 Å². The molecule has 0 bridgehead atoms. The van der Waals surface area contributed by atoms with Gasteiger partial charge >= 0.3 is 6.03 Å². The lowest BCUT2D eigenvalue weighted by Crippen LogP contribution is -2.33. The van der Waals surface area contributed by atoms with Crippen molar-refractivity contribution in [1.82, 2.24) is 9.80 Å². The molecule has 0 aromatic heterocycles. The Morgan fingerprint density at radius 3 is 2.56 bits per heavy atom. The summed E-state index contributed by atoms with van der Waals surface area (Å²) in [6, 6.07) is 7.76. The predicted octanol–water partition coefficient (Wildman–Crippen LogP) is 2.41. The lowest BCUT2D eigenvalue weighted by molar-refractivity contribution is 0.220. The number of rotatable bonds is 5. The largest absolute Gasteiger partial charge is 0.328 e. The van der Waals surface area contributed by atoms with E-state index in [2.05, 4.69) is 10.2 Å². The zero-order valence-electron chi connectivity index (χ0n) is 11.7. The molecule has 1 aromatic carbocycles. The molecular formula is C14H23N3O. The van der Waals surface area contributed by atoms with E-state index in [0.29, 0.717) is 0 Å². The molecule has 18 heavy (non-hydrogen) atoms. The third-order valence-corrected chi connectivity index (χ3v) is 2.71. The van der Waals surface area contributed by atoms with Gasteiger partial charge in [0.1, 0.15) is 0 Å². The fourth-order valence-corrected chi connectivity index (χ4v) is 1.67. The number of amides is 2. The number of benzene rings is 1. The van der Waals surface area contributed by atoms with Crippen molar-refractivity contribution in [2.24, 2.45) is 0 Å². The number of hydrogen-bond acceptors (Lipinski definition) is 2. The Hall–Kier alpha value is -1.55. The highest BCUT2D eigenvalue weighted by Crippen LogP contribution is 2.10. The molecule has 0 aliphatic carbocycles. The SMILES string of the molecule is Cc1cccc(NC(=O)N(C)CCCN(C)C)c1. The molecule has 0 aliphatic rings. The highest BCUT2D eigenvalue weighted by molar-refractivity contribution is 5.89. The normalized spacial score (nSPS) is 10.5. The van der Waals surface area contributed by atoms with E-state index in [-0.39, 0.29) is 6.03 Å². The van der Waals surface area contributed by atoms with Gasteiger partial charge in [-0.25, -0.2) is 4.79 Å². The maximum atomic E-state index is 11.9. The Morgan fingerprint density at radius 1 is 1.22 bits per heavy atom. The van der Waals surface area contributed by atoms with Crippen molar-refractivity contribution in [3.63, 3.8) is 0 Å². The van der Waals surface area contributed by atoms with Crippen molar-refractivity contribution in [2.75, 3.05) is 39.5 Å². The molecule has 4 heteroatoms. The van der Waals surface area contributed by atoms with Crippen LogP contribution in [0.15, 0.2) is 24.3 Å². The van der Waals surface area contributed by atoms with E-state index in [9.17, 15) is 4.79 Å². The van der Waals surface area contributed by atoms with Crippen LogP contribution < -0.4 is 5.32 Å². The minimum absolute atomic E-state index is 0.0562. The molecule has 0 fully saturated rings. The van der Waals surface area contributed by atoms with E-state index in [4.69, 9.17) is 0 Å². The van der Waals surface area contributed by atoms with Gasteiger partial charge in [0.25, 0.3) is 0 Å². The second-order valence-corrected chi connectivity index (χ2v) is 4.88. The number of aryl methyl sites for hydroxylation is 1. The Kier molecular flexibility index (Phi) is 5.65. The van der Waals surface area contributed by atoms with E-state index in [0.717, 1.165) is 30.8 Å². The number of nitrogens with zero attached hydrogens (tertiary/aromatic N) is 2. The standard InChI is InChI=1S/C14H23N3O/c1-12-7-5-8-13(11-12)15-14(18)17(4)10-6-9-16(2)3/h5,7-8,11H,6,9-10H2,1-4H3,(H,15,18). The molecule has 0 radical (unpaired) electrons. The zero-order valence-corrected chi connectivity index (χ0v) is 11.7. The highest BCUT2D eigenvalue weighted by Gasteiger charge is 2.08. The average molecular weight is 249 g/mol. The van der Waals surface area contributed by atoms with Crippen LogP contribution in [0.4, 0.5) is 10.5 Å². The molecule has 1 aromatic rings. The molecular weight excluding hydrogens is 226 g/mol. The van der Waals surface area contributed by atoms with Gasteiger partial charge in [-0.2, -0.15) is 0 Å². The fourth-order valence-electron chi connectivity index (χ4n) is 1.67. The van der Waals surface area contributed by atoms with Crippen LogP contribution in [-0.4, -0.2) is 50.1 Å². The topological polar surface area (TPSA) is 35.6 Å². The molecule has 1 rings (SSSR count). The molecule has 100 valence electrons. The molecule has 4 nitrogen and oxygen atoms in total. The van der Waals surface area contributed by atoms with Crippen molar-refractivity contribution in [2.45, 2.75) is 13.3 Å². The summed E-state index contributed by atoms with van der Waals surface area (Å²) in [6.45, 7) is 3.76.